The fourth-order valence-corrected chi connectivity index (χ4v) is 3.59. The van der Waals surface area contributed by atoms with Crippen molar-refractivity contribution in [2.75, 3.05) is 4.72 Å². The van der Waals surface area contributed by atoms with Gasteiger partial charge < -0.3 is 0 Å². The summed E-state index contributed by atoms with van der Waals surface area (Å²) in [6.07, 6.45) is 0. The van der Waals surface area contributed by atoms with Crippen LogP contribution < -0.4 is 4.72 Å². The van der Waals surface area contributed by atoms with Gasteiger partial charge in [-0.1, -0.05) is 6.07 Å². The van der Waals surface area contributed by atoms with Crippen molar-refractivity contribution in [2.24, 2.45) is 0 Å². The van der Waals surface area contributed by atoms with Gasteiger partial charge >= 0.3 is 0 Å². The lowest BCUT2D eigenvalue weighted by atomic mass is 10.2. The number of nitrogens with zero attached hydrogens (tertiary/aromatic N) is 1. The molecule has 2 aromatic rings. The Morgan fingerprint density at radius 2 is 2.05 bits per heavy atom. The monoisotopic (exact) mass is 296 g/mol. The van der Waals surface area contributed by atoms with Crippen LogP contribution in [0.15, 0.2) is 34.5 Å². The molecule has 0 amide bonds. The molecule has 0 aliphatic rings. The maximum Gasteiger partial charge on any atom is 0.271 e. The van der Waals surface area contributed by atoms with Crippen LogP contribution in [0.4, 0.5) is 10.1 Å². The van der Waals surface area contributed by atoms with Crippen molar-refractivity contribution in [2.45, 2.75) is 11.1 Å². The van der Waals surface area contributed by atoms with Crippen molar-refractivity contribution >= 4 is 27.0 Å². The highest BCUT2D eigenvalue weighted by Gasteiger charge is 2.18. The molecule has 0 fully saturated rings. The SMILES string of the molecule is Cc1ccc(NS(=O)(=O)c2ccc(C#N)s2)c(F)c1. The molecule has 7 heteroatoms. The number of sulfonamides is 1. The minimum absolute atomic E-state index is 0.0241. The van der Waals surface area contributed by atoms with Crippen molar-refractivity contribution in [3.63, 3.8) is 0 Å². The molecule has 0 unspecified atom stereocenters. The predicted octanol–water partition coefficient (Wildman–Crippen LogP) is 2.87. The van der Waals surface area contributed by atoms with E-state index in [2.05, 4.69) is 4.72 Å². The van der Waals surface area contributed by atoms with Gasteiger partial charge in [0.05, 0.1) is 5.69 Å². The van der Waals surface area contributed by atoms with Crippen molar-refractivity contribution in [1.82, 2.24) is 0 Å². The largest absolute Gasteiger partial charge is 0.276 e. The Bertz CT molecular complexity index is 760. The summed E-state index contributed by atoms with van der Waals surface area (Å²) in [5.74, 6) is -0.638. The van der Waals surface area contributed by atoms with Crippen molar-refractivity contribution in [3.8, 4) is 6.07 Å². The highest BCUT2D eigenvalue weighted by Crippen LogP contribution is 2.25. The summed E-state index contributed by atoms with van der Waals surface area (Å²) in [5.41, 5.74) is 0.584. The molecule has 0 saturated heterocycles. The third-order valence-electron chi connectivity index (χ3n) is 2.33. The Morgan fingerprint density at radius 3 is 2.63 bits per heavy atom. The van der Waals surface area contributed by atoms with E-state index in [1.165, 1.54) is 24.3 Å². The van der Waals surface area contributed by atoms with Crippen molar-refractivity contribution < 1.29 is 12.8 Å². The summed E-state index contributed by atoms with van der Waals surface area (Å²) < 4.78 is 39.7. The third-order valence-corrected chi connectivity index (χ3v) is 5.17. The van der Waals surface area contributed by atoms with E-state index < -0.39 is 15.8 Å². The summed E-state index contributed by atoms with van der Waals surface area (Å²) in [4.78, 5) is 0.282. The summed E-state index contributed by atoms with van der Waals surface area (Å²) in [6.45, 7) is 1.71. The van der Waals surface area contributed by atoms with Crippen LogP contribution in [-0.4, -0.2) is 8.42 Å². The van der Waals surface area contributed by atoms with Gasteiger partial charge in [0.15, 0.2) is 0 Å². The standard InChI is InChI=1S/C12H9FN2O2S2/c1-8-2-4-11(10(13)6-8)15-19(16,17)12-5-3-9(7-14)18-12/h2-6,15H,1H3. The molecule has 98 valence electrons. The molecule has 0 spiro atoms. The van der Waals surface area contributed by atoms with Crippen LogP contribution in [0.1, 0.15) is 10.4 Å². The van der Waals surface area contributed by atoms with Gasteiger partial charge in [-0.3, -0.25) is 4.72 Å². The van der Waals surface area contributed by atoms with Gasteiger partial charge in [-0.15, -0.1) is 11.3 Å². The molecular weight excluding hydrogens is 287 g/mol. The lowest BCUT2D eigenvalue weighted by Gasteiger charge is -2.07. The van der Waals surface area contributed by atoms with Crippen molar-refractivity contribution in [1.29, 1.82) is 5.26 Å². The fourth-order valence-electron chi connectivity index (χ4n) is 1.42. The molecule has 0 aliphatic carbocycles. The second-order valence-electron chi connectivity index (χ2n) is 3.82. The molecule has 0 aliphatic heterocycles. The summed E-state index contributed by atoms with van der Waals surface area (Å²) in [5, 5.41) is 8.67. The number of thiophene rings is 1. The Balaban J connectivity index is 2.34. The molecule has 0 bridgehead atoms. The van der Waals surface area contributed by atoms with Gasteiger partial charge in [-0.2, -0.15) is 5.26 Å². The number of hydrogen-bond acceptors (Lipinski definition) is 4. The number of nitriles is 1. The van der Waals surface area contributed by atoms with Gasteiger partial charge in [0.25, 0.3) is 10.0 Å². The third kappa shape index (κ3) is 2.92. The minimum atomic E-state index is -3.86. The molecule has 0 radical (unpaired) electrons. The molecule has 1 N–H and O–H groups in total. The van der Waals surface area contributed by atoms with Gasteiger partial charge in [0, 0.05) is 0 Å². The maximum absolute atomic E-state index is 13.6. The van der Waals surface area contributed by atoms with E-state index >= 15 is 0 Å². The Kier molecular flexibility index (Phi) is 3.55. The molecular formula is C12H9FN2O2S2. The first-order chi connectivity index (χ1) is 8.92. The first-order valence-corrected chi connectivity index (χ1v) is 7.51. The van der Waals surface area contributed by atoms with Crippen LogP contribution in [0.3, 0.4) is 0 Å². The fraction of sp³-hybridized carbons (Fsp3) is 0.0833. The highest BCUT2D eigenvalue weighted by molar-refractivity contribution is 7.94. The smallest absolute Gasteiger partial charge is 0.271 e. The minimum Gasteiger partial charge on any atom is -0.276 e. The van der Waals surface area contributed by atoms with E-state index in [1.54, 1.807) is 13.0 Å². The zero-order valence-corrected chi connectivity index (χ0v) is 11.5. The molecule has 2 rings (SSSR count). The van der Waals surface area contributed by atoms with Crippen LogP contribution >= 0.6 is 11.3 Å². The van der Waals surface area contributed by atoms with Crippen LogP contribution in [0.25, 0.3) is 0 Å². The quantitative estimate of drug-likeness (QED) is 0.946. The van der Waals surface area contributed by atoms with Gasteiger partial charge in [0.2, 0.25) is 0 Å². The Hall–Kier alpha value is -1.91. The number of rotatable bonds is 3. The summed E-state index contributed by atoms with van der Waals surface area (Å²) in [7, 11) is -3.86. The highest BCUT2D eigenvalue weighted by atomic mass is 32.2. The van der Waals surface area contributed by atoms with E-state index in [0.29, 0.717) is 5.56 Å². The topological polar surface area (TPSA) is 70.0 Å². The lowest BCUT2D eigenvalue weighted by Crippen LogP contribution is -2.12. The second-order valence-corrected chi connectivity index (χ2v) is 6.81. The summed E-state index contributed by atoms with van der Waals surface area (Å²) in [6, 6.07) is 8.79. The Morgan fingerprint density at radius 1 is 1.32 bits per heavy atom. The molecule has 1 heterocycles. The lowest BCUT2D eigenvalue weighted by molar-refractivity contribution is 0.600. The van der Waals surface area contributed by atoms with E-state index in [1.807, 2.05) is 6.07 Å². The van der Waals surface area contributed by atoms with E-state index in [0.717, 1.165) is 11.3 Å². The van der Waals surface area contributed by atoms with Crippen molar-refractivity contribution in [3.05, 3.63) is 46.6 Å². The van der Waals surface area contributed by atoms with Crippen LogP contribution in [0, 0.1) is 24.1 Å². The first kappa shape index (κ1) is 13.5. The first-order valence-electron chi connectivity index (χ1n) is 5.21. The molecule has 4 nitrogen and oxygen atoms in total. The predicted molar refractivity (Wildman–Crippen MR) is 71.0 cm³/mol. The molecule has 1 aromatic carbocycles. The second kappa shape index (κ2) is 4.99. The van der Waals surface area contributed by atoms with E-state index in [-0.39, 0.29) is 14.8 Å². The zero-order chi connectivity index (χ0) is 14.0. The average Bonchev–Trinajstić information content (AvgIpc) is 2.82. The van der Waals surface area contributed by atoms with Crippen LogP contribution in [-0.2, 0) is 10.0 Å². The van der Waals surface area contributed by atoms with E-state index in [9.17, 15) is 12.8 Å². The average molecular weight is 296 g/mol. The number of anilines is 1. The molecule has 1 aromatic heterocycles. The Labute approximate surface area is 114 Å². The van der Waals surface area contributed by atoms with Gasteiger partial charge in [-0.05, 0) is 36.8 Å². The molecule has 0 saturated carbocycles. The van der Waals surface area contributed by atoms with Crippen LogP contribution in [0.2, 0.25) is 0 Å². The van der Waals surface area contributed by atoms with Crippen LogP contribution in [0.5, 0.6) is 0 Å². The van der Waals surface area contributed by atoms with E-state index in [4.69, 9.17) is 5.26 Å². The molecule has 19 heavy (non-hydrogen) atoms. The number of nitrogens with one attached hydrogen (secondary N) is 1. The van der Waals surface area contributed by atoms with Gasteiger partial charge in [-0.25, -0.2) is 12.8 Å². The maximum atomic E-state index is 13.6. The normalized spacial score (nSPS) is 11.0. The number of hydrogen-bond donors (Lipinski definition) is 1. The number of aryl methyl sites for hydroxylation is 1. The summed E-state index contributed by atoms with van der Waals surface area (Å²) >= 11 is 0.834. The number of halogens is 1. The molecule has 0 atom stereocenters. The van der Waals surface area contributed by atoms with Gasteiger partial charge in [0.1, 0.15) is 21.0 Å². The number of benzene rings is 1. The zero-order valence-electron chi connectivity index (χ0n) is 9.84.